The van der Waals surface area contributed by atoms with Gasteiger partial charge in [-0.1, -0.05) is 0 Å². The molecular weight excluding hydrogens is 476 g/mol. The number of rotatable bonds is 5. The van der Waals surface area contributed by atoms with Crippen LogP contribution < -0.4 is 10.2 Å². The van der Waals surface area contributed by atoms with E-state index in [2.05, 4.69) is 30.6 Å². The summed E-state index contributed by atoms with van der Waals surface area (Å²) in [6.45, 7) is 3.10. The number of nitrogens with one attached hydrogen (secondary N) is 2. The molecule has 0 bridgehead atoms. The lowest BCUT2D eigenvalue weighted by atomic mass is 9.61. The topological polar surface area (TPSA) is 87.5 Å². The maximum absolute atomic E-state index is 14.6. The van der Waals surface area contributed by atoms with Crippen LogP contribution >= 0.6 is 0 Å². The number of anilines is 3. The molecule has 1 aliphatic carbocycles. The van der Waals surface area contributed by atoms with E-state index >= 15 is 0 Å². The molecule has 2 aliphatic rings. The van der Waals surface area contributed by atoms with Crippen molar-refractivity contribution < 1.29 is 17.6 Å². The summed E-state index contributed by atoms with van der Waals surface area (Å²) >= 11 is 0. The van der Waals surface area contributed by atoms with Gasteiger partial charge in [0.15, 0.2) is 5.82 Å². The monoisotopic (exact) mass is 498 g/mol. The smallest absolute Gasteiger partial charge is 0.249 e. The summed E-state index contributed by atoms with van der Waals surface area (Å²) in [6.07, 6.45) is 2.81. The second-order valence-corrected chi connectivity index (χ2v) is 9.72. The summed E-state index contributed by atoms with van der Waals surface area (Å²) in [6, 6.07) is 6.22. The molecule has 1 saturated heterocycles. The molecule has 1 aromatic carbocycles. The largest absolute Gasteiger partial charge is 0.355 e. The molecule has 2 N–H and O–H groups in total. The number of hydrogen-bond acceptors (Lipinski definition) is 6. The number of alkyl halides is 2. The Morgan fingerprint density at radius 3 is 2.44 bits per heavy atom. The Kier molecular flexibility index (Phi) is 4.86. The summed E-state index contributed by atoms with van der Waals surface area (Å²) in [5.41, 5.74) is 1.91. The van der Waals surface area contributed by atoms with E-state index in [0.29, 0.717) is 30.5 Å². The van der Waals surface area contributed by atoms with Gasteiger partial charge in [0.1, 0.15) is 11.6 Å². The predicted molar refractivity (Wildman–Crippen MR) is 125 cm³/mol. The van der Waals surface area contributed by atoms with Crippen LogP contribution in [-0.4, -0.2) is 49.0 Å². The van der Waals surface area contributed by atoms with E-state index in [4.69, 9.17) is 0 Å². The van der Waals surface area contributed by atoms with E-state index < -0.39 is 17.7 Å². The van der Waals surface area contributed by atoms with Crippen LogP contribution in [0.1, 0.15) is 18.4 Å². The maximum Gasteiger partial charge on any atom is 0.249 e. The SMILES string of the molecule is Cc1cc(N2CC3(C2)CC(F)(F)C3)ncc1-c1nc(Nc2ccc(-c3cn[nH]c3F)c(F)c2)n(C)n1. The van der Waals surface area contributed by atoms with Gasteiger partial charge in [-0.3, -0.25) is 5.10 Å². The minimum absolute atomic E-state index is 0.0467. The fourth-order valence-electron chi connectivity index (χ4n) is 5.15. The van der Waals surface area contributed by atoms with E-state index in [1.54, 1.807) is 19.3 Å². The first-order valence-electron chi connectivity index (χ1n) is 11.4. The van der Waals surface area contributed by atoms with Crippen molar-refractivity contribution in [2.45, 2.75) is 25.7 Å². The summed E-state index contributed by atoms with van der Waals surface area (Å²) in [4.78, 5) is 11.1. The molecule has 6 rings (SSSR count). The minimum atomic E-state index is -2.53. The van der Waals surface area contributed by atoms with Gasteiger partial charge < -0.3 is 10.2 Å². The van der Waals surface area contributed by atoms with E-state index in [0.717, 1.165) is 16.9 Å². The van der Waals surface area contributed by atoms with E-state index in [-0.39, 0.29) is 29.4 Å². The van der Waals surface area contributed by atoms with E-state index in [9.17, 15) is 17.6 Å². The van der Waals surface area contributed by atoms with Gasteiger partial charge >= 0.3 is 0 Å². The van der Waals surface area contributed by atoms with Crippen LogP contribution in [0.2, 0.25) is 0 Å². The average Bonchev–Trinajstić information content (AvgIpc) is 3.35. The molecule has 186 valence electrons. The molecule has 3 aromatic heterocycles. The van der Waals surface area contributed by atoms with Gasteiger partial charge in [-0.15, -0.1) is 5.10 Å². The molecule has 0 amide bonds. The molecular formula is C24H22F4N8. The quantitative estimate of drug-likeness (QED) is 0.383. The van der Waals surface area contributed by atoms with Gasteiger partial charge in [-0.25, -0.2) is 22.8 Å². The van der Waals surface area contributed by atoms with Gasteiger partial charge in [0.2, 0.25) is 17.8 Å². The van der Waals surface area contributed by atoms with Crippen LogP contribution in [0.25, 0.3) is 22.5 Å². The van der Waals surface area contributed by atoms with Crippen LogP contribution in [0.4, 0.5) is 35.0 Å². The second-order valence-electron chi connectivity index (χ2n) is 9.72. The normalized spacial score (nSPS) is 17.7. The standard InChI is InChI=1S/C24H22F4N8/c1-13-5-19(36-11-23(12-36)9-24(27,28)10-23)29-7-16(13)21-32-22(35(2)34-21)31-14-3-4-15(18(25)6-14)17-8-30-33-20(17)26/h3-8H,9-12H2,1-2H3,(H,30,33)(H,31,32,34). The Morgan fingerprint density at radius 2 is 1.81 bits per heavy atom. The highest BCUT2D eigenvalue weighted by Crippen LogP contribution is 2.57. The Morgan fingerprint density at radius 1 is 1.03 bits per heavy atom. The molecule has 0 radical (unpaired) electrons. The number of H-pyrrole nitrogens is 1. The predicted octanol–water partition coefficient (Wildman–Crippen LogP) is 4.83. The molecule has 1 saturated carbocycles. The van der Waals surface area contributed by atoms with Crippen LogP contribution in [0, 0.1) is 24.1 Å². The molecule has 0 atom stereocenters. The third-order valence-corrected chi connectivity index (χ3v) is 6.85. The van der Waals surface area contributed by atoms with E-state index in [1.807, 2.05) is 17.9 Å². The van der Waals surface area contributed by atoms with Crippen molar-refractivity contribution in [3.63, 3.8) is 0 Å². The van der Waals surface area contributed by atoms with Gasteiger partial charge in [0.25, 0.3) is 0 Å². The maximum atomic E-state index is 14.6. The van der Waals surface area contributed by atoms with Gasteiger partial charge in [-0.05, 0) is 36.8 Å². The number of aromatic amines is 1. The first-order valence-corrected chi connectivity index (χ1v) is 11.4. The molecule has 12 heteroatoms. The van der Waals surface area contributed by atoms with Crippen molar-refractivity contribution in [3.8, 4) is 22.5 Å². The molecule has 0 unspecified atom stereocenters. The number of aromatic nitrogens is 6. The summed E-state index contributed by atoms with van der Waals surface area (Å²) in [5, 5.41) is 13.2. The first kappa shape index (κ1) is 22.5. The van der Waals surface area contributed by atoms with Gasteiger partial charge in [-0.2, -0.15) is 14.5 Å². The molecule has 4 aromatic rings. The highest BCUT2D eigenvalue weighted by molar-refractivity contribution is 5.68. The third-order valence-electron chi connectivity index (χ3n) is 6.85. The zero-order chi connectivity index (χ0) is 25.2. The molecule has 1 spiro atoms. The van der Waals surface area contributed by atoms with Crippen molar-refractivity contribution in [1.29, 1.82) is 0 Å². The number of aryl methyl sites for hydroxylation is 2. The van der Waals surface area contributed by atoms with Gasteiger partial charge in [0.05, 0.1) is 11.8 Å². The Hall–Kier alpha value is -3.96. The fourth-order valence-corrected chi connectivity index (χ4v) is 5.15. The molecule has 2 fully saturated rings. The van der Waals surface area contributed by atoms with Crippen molar-refractivity contribution in [3.05, 3.63) is 54.0 Å². The summed E-state index contributed by atoms with van der Waals surface area (Å²) in [5.74, 6) is -2.28. The molecule has 8 nitrogen and oxygen atoms in total. The van der Waals surface area contributed by atoms with Crippen LogP contribution in [0.15, 0.2) is 36.7 Å². The average molecular weight is 498 g/mol. The number of benzene rings is 1. The van der Waals surface area contributed by atoms with Gasteiger partial charge in [0, 0.05) is 61.4 Å². The summed E-state index contributed by atoms with van der Waals surface area (Å²) in [7, 11) is 1.70. The lowest BCUT2D eigenvalue weighted by molar-refractivity contribution is -0.170. The lowest BCUT2D eigenvalue weighted by Crippen LogP contribution is -2.66. The number of nitrogens with zero attached hydrogens (tertiary/aromatic N) is 6. The van der Waals surface area contributed by atoms with Crippen LogP contribution in [0.5, 0.6) is 0 Å². The zero-order valence-electron chi connectivity index (χ0n) is 19.5. The Balaban J connectivity index is 1.18. The third kappa shape index (κ3) is 3.76. The number of pyridine rings is 1. The van der Waals surface area contributed by atoms with Crippen molar-refractivity contribution >= 4 is 17.5 Å². The highest BCUT2D eigenvalue weighted by Gasteiger charge is 2.61. The number of hydrogen-bond donors (Lipinski definition) is 2. The van der Waals surface area contributed by atoms with Crippen LogP contribution in [-0.2, 0) is 7.05 Å². The first-order chi connectivity index (χ1) is 17.1. The van der Waals surface area contributed by atoms with Crippen molar-refractivity contribution in [2.24, 2.45) is 12.5 Å². The Bertz CT molecular complexity index is 1460. The second kappa shape index (κ2) is 7.77. The van der Waals surface area contributed by atoms with Crippen LogP contribution in [0.3, 0.4) is 0 Å². The Labute approximate surface area is 203 Å². The molecule has 1 aliphatic heterocycles. The summed E-state index contributed by atoms with van der Waals surface area (Å²) < 4.78 is 56.4. The highest BCUT2D eigenvalue weighted by atomic mass is 19.3. The molecule has 4 heterocycles. The zero-order valence-corrected chi connectivity index (χ0v) is 19.5. The van der Waals surface area contributed by atoms with Crippen molar-refractivity contribution in [1.82, 2.24) is 29.9 Å². The van der Waals surface area contributed by atoms with E-state index in [1.165, 1.54) is 23.0 Å². The fraction of sp³-hybridized carbons (Fsp3) is 0.333. The number of halogens is 4. The lowest BCUT2D eigenvalue weighted by Gasteiger charge is -2.59. The minimum Gasteiger partial charge on any atom is -0.355 e. The van der Waals surface area contributed by atoms with Crippen molar-refractivity contribution in [2.75, 3.05) is 23.3 Å². The molecule has 36 heavy (non-hydrogen) atoms.